The summed E-state index contributed by atoms with van der Waals surface area (Å²) in [5.41, 5.74) is 0. The third-order valence-electron chi connectivity index (χ3n) is 1.28. The van der Waals surface area contributed by atoms with E-state index in [1.807, 2.05) is 13.8 Å². The summed E-state index contributed by atoms with van der Waals surface area (Å²) in [6, 6.07) is 0. The van der Waals surface area contributed by atoms with E-state index in [4.69, 9.17) is 0 Å². The first-order chi connectivity index (χ1) is 5.26. The molecular formula is C6H14N3O2-. The zero-order valence-corrected chi connectivity index (χ0v) is 6.99. The fourth-order valence-corrected chi connectivity index (χ4v) is 0.851. The van der Waals surface area contributed by atoms with E-state index in [9.17, 15) is 10.4 Å². The van der Waals surface area contributed by atoms with Crippen LogP contribution in [-0.2, 0) is 0 Å². The van der Waals surface area contributed by atoms with Gasteiger partial charge < -0.3 is 10.4 Å². The molecule has 0 N–H and O–H groups in total. The van der Waals surface area contributed by atoms with Crippen molar-refractivity contribution in [3.8, 4) is 0 Å². The lowest BCUT2D eigenvalue weighted by atomic mass is 10.4. The molecule has 0 spiro atoms. The molecule has 66 valence electrons. The summed E-state index contributed by atoms with van der Waals surface area (Å²) in [5, 5.41) is 24.1. The zero-order chi connectivity index (χ0) is 8.69. The first kappa shape index (κ1) is 10.0. The van der Waals surface area contributed by atoms with Gasteiger partial charge in [0.2, 0.25) is 0 Å². The molecule has 0 aliphatic carbocycles. The predicted octanol–water partition coefficient (Wildman–Crippen LogP) is 1.48. The number of hydrazine groups is 1. The van der Waals surface area contributed by atoms with Gasteiger partial charge in [0, 0.05) is 4.97 Å². The van der Waals surface area contributed by atoms with Crippen molar-refractivity contribution in [2.24, 2.45) is 5.28 Å². The molecule has 0 aromatic heterocycles. The van der Waals surface area contributed by atoms with Crippen LogP contribution in [0.3, 0.4) is 0 Å². The van der Waals surface area contributed by atoms with Crippen LogP contribution in [0.2, 0.25) is 0 Å². The van der Waals surface area contributed by atoms with E-state index in [2.05, 4.69) is 5.28 Å². The van der Waals surface area contributed by atoms with Crippen molar-refractivity contribution in [3.63, 3.8) is 0 Å². The minimum atomic E-state index is 0.118. The van der Waals surface area contributed by atoms with Crippen LogP contribution in [0.1, 0.15) is 26.7 Å². The molecule has 0 saturated heterocycles. The fraction of sp³-hybridized carbons (Fsp3) is 1.00. The van der Waals surface area contributed by atoms with E-state index >= 15 is 0 Å². The maximum atomic E-state index is 10.7. The molecule has 0 rings (SSSR count). The van der Waals surface area contributed by atoms with E-state index in [0.717, 1.165) is 12.8 Å². The van der Waals surface area contributed by atoms with Gasteiger partial charge in [0.05, 0.1) is 13.1 Å². The topological polar surface area (TPSA) is 64.7 Å². The van der Waals surface area contributed by atoms with Crippen LogP contribution in [0, 0.1) is 10.4 Å². The van der Waals surface area contributed by atoms with Crippen molar-refractivity contribution >= 4 is 0 Å². The molecule has 5 heteroatoms. The van der Waals surface area contributed by atoms with Crippen molar-refractivity contribution in [2.75, 3.05) is 13.1 Å². The lowest BCUT2D eigenvalue weighted by Gasteiger charge is -2.17. The predicted molar refractivity (Wildman–Crippen MR) is 41.6 cm³/mol. The quantitative estimate of drug-likeness (QED) is 0.347. The van der Waals surface area contributed by atoms with Crippen molar-refractivity contribution in [1.82, 2.24) is 5.01 Å². The van der Waals surface area contributed by atoms with Crippen LogP contribution in [0.25, 0.3) is 0 Å². The highest BCUT2D eigenvalue weighted by atomic mass is 16.6. The summed E-state index contributed by atoms with van der Waals surface area (Å²) in [5.74, 6) is 0. The van der Waals surface area contributed by atoms with Crippen molar-refractivity contribution < 1.29 is 4.97 Å². The van der Waals surface area contributed by atoms with Crippen molar-refractivity contribution in [1.29, 1.82) is 0 Å². The normalized spacial score (nSPS) is 11.6. The Morgan fingerprint density at radius 2 is 1.73 bits per heavy atom. The van der Waals surface area contributed by atoms with Crippen LogP contribution < -0.4 is 0 Å². The van der Waals surface area contributed by atoms with Crippen molar-refractivity contribution in [2.45, 2.75) is 26.7 Å². The first-order valence-electron chi connectivity index (χ1n) is 3.81. The number of rotatable bonds is 5. The van der Waals surface area contributed by atoms with Gasteiger partial charge in [-0.3, -0.25) is 0 Å². The molecule has 0 saturated carbocycles. The largest absolute Gasteiger partial charge is 0.737 e. The Bertz CT molecular complexity index is 121. The minimum Gasteiger partial charge on any atom is -0.737 e. The molecule has 0 radical (unpaired) electrons. The SMILES string of the molecule is CCCN(CCC)/[N+]([O-])=N\[O-]. The molecule has 0 atom stereocenters. The van der Waals surface area contributed by atoms with E-state index in [0.29, 0.717) is 13.1 Å². The van der Waals surface area contributed by atoms with Crippen LogP contribution >= 0.6 is 0 Å². The standard InChI is InChI=1S/C6H15N3O2/c1-3-5-8(6-4-2)9(11)7-10/h10H,3-6H2,1-2H3/p-1/b9-7+. The second-order valence-corrected chi connectivity index (χ2v) is 2.29. The van der Waals surface area contributed by atoms with Crippen LogP contribution in [0.15, 0.2) is 5.28 Å². The van der Waals surface area contributed by atoms with Gasteiger partial charge in [0.15, 0.2) is 0 Å². The third kappa shape index (κ3) is 3.64. The summed E-state index contributed by atoms with van der Waals surface area (Å²) in [4.78, 5) is 0.118. The Hall–Kier alpha value is -1.00. The molecular weight excluding hydrogens is 146 g/mol. The molecule has 0 aromatic rings. The van der Waals surface area contributed by atoms with E-state index in [1.165, 1.54) is 5.01 Å². The molecule has 0 aromatic carbocycles. The fourth-order valence-electron chi connectivity index (χ4n) is 0.851. The lowest BCUT2D eigenvalue weighted by molar-refractivity contribution is -0.690. The molecule has 0 unspecified atom stereocenters. The van der Waals surface area contributed by atoms with Gasteiger partial charge in [-0.25, -0.2) is 0 Å². The van der Waals surface area contributed by atoms with Gasteiger partial charge in [-0.15, -0.1) is 5.01 Å². The third-order valence-corrected chi connectivity index (χ3v) is 1.28. The molecule has 11 heavy (non-hydrogen) atoms. The van der Waals surface area contributed by atoms with E-state index in [-0.39, 0.29) is 4.97 Å². The second-order valence-electron chi connectivity index (χ2n) is 2.29. The van der Waals surface area contributed by atoms with Gasteiger partial charge >= 0.3 is 0 Å². The Morgan fingerprint density at radius 1 is 1.27 bits per heavy atom. The highest BCUT2D eigenvalue weighted by molar-refractivity contribution is 4.40. The Balaban J connectivity index is 3.87. The Kier molecular flexibility index (Phi) is 5.24. The second kappa shape index (κ2) is 5.76. The molecule has 0 fully saturated rings. The van der Waals surface area contributed by atoms with Gasteiger partial charge in [-0.2, -0.15) is 0 Å². The molecule has 5 nitrogen and oxygen atoms in total. The Labute approximate surface area is 66.4 Å². The average Bonchev–Trinajstić information content (AvgIpc) is 2.03. The molecule has 0 aliphatic rings. The zero-order valence-electron chi connectivity index (χ0n) is 6.99. The van der Waals surface area contributed by atoms with Gasteiger partial charge in [0.1, 0.15) is 0 Å². The maximum absolute atomic E-state index is 10.7. The van der Waals surface area contributed by atoms with Gasteiger partial charge in [0.25, 0.3) is 0 Å². The monoisotopic (exact) mass is 160 g/mol. The van der Waals surface area contributed by atoms with Gasteiger partial charge in [-0.05, 0) is 18.1 Å². The molecule has 0 aliphatic heterocycles. The smallest absolute Gasteiger partial charge is 0.0765 e. The summed E-state index contributed by atoms with van der Waals surface area (Å²) in [6.45, 7) is 5.06. The molecule has 0 heterocycles. The lowest BCUT2D eigenvalue weighted by Crippen LogP contribution is -2.31. The summed E-state index contributed by atoms with van der Waals surface area (Å²) < 4.78 is 0. The first-order valence-corrected chi connectivity index (χ1v) is 3.81. The summed E-state index contributed by atoms with van der Waals surface area (Å²) >= 11 is 0. The van der Waals surface area contributed by atoms with Gasteiger partial charge in [-0.1, -0.05) is 13.8 Å². The van der Waals surface area contributed by atoms with E-state index in [1.54, 1.807) is 0 Å². The minimum absolute atomic E-state index is 0.118. The van der Waals surface area contributed by atoms with Crippen LogP contribution in [0.4, 0.5) is 0 Å². The summed E-state index contributed by atoms with van der Waals surface area (Å²) in [6.07, 6.45) is 1.68. The summed E-state index contributed by atoms with van der Waals surface area (Å²) in [7, 11) is 0. The number of hydrogen-bond donors (Lipinski definition) is 0. The highest BCUT2D eigenvalue weighted by Gasteiger charge is 2.06. The molecule has 0 bridgehead atoms. The van der Waals surface area contributed by atoms with E-state index < -0.39 is 0 Å². The molecule has 0 amide bonds. The van der Waals surface area contributed by atoms with Crippen LogP contribution in [-0.4, -0.2) is 23.1 Å². The number of hydrogen-bond acceptors (Lipinski definition) is 3. The average molecular weight is 160 g/mol. The van der Waals surface area contributed by atoms with Crippen molar-refractivity contribution in [3.05, 3.63) is 10.4 Å². The number of nitrogens with zero attached hydrogens (tertiary/aromatic N) is 3. The maximum Gasteiger partial charge on any atom is 0.0765 e. The highest BCUT2D eigenvalue weighted by Crippen LogP contribution is 1.94. The van der Waals surface area contributed by atoms with Crippen LogP contribution in [0.5, 0.6) is 0 Å². The Morgan fingerprint density at radius 3 is 2.00 bits per heavy atom.